The summed E-state index contributed by atoms with van der Waals surface area (Å²) in [5, 5.41) is 10.2. The molecule has 2 aliphatic rings. The van der Waals surface area contributed by atoms with E-state index in [1.807, 2.05) is 48.5 Å². The molecule has 4 rings (SSSR count). The molecule has 1 N–H and O–H groups in total. The van der Waals surface area contributed by atoms with Gasteiger partial charge in [0.25, 0.3) is 5.91 Å². The van der Waals surface area contributed by atoms with Crippen LogP contribution in [0.25, 0.3) is 6.08 Å². The Bertz CT molecular complexity index is 955. The van der Waals surface area contributed by atoms with Crippen molar-refractivity contribution in [3.8, 4) is 0 Å². The van der Waals surface area contributed by atoms with Crippen molar-refractivity contribution in [2.75, 3.05) is 56.2 Å². The van der Waals surface area contributed by atoms with E-state index in [9.17, 15) is 9.90 Å². The predicted molar refractivity (Wildman–Crippen MR) is 124 cm³/mol. The number of hydrogen-bond donors (Lipinski definition) is 1. The predicted octanol–water partition coefficient (Wildman–Crippen LogP) is 3.07. The highest BCUT2D eigenvalue weighted by Crippen LogP contribution is 2.28. The van der Waals surface area contributed by atoms with Gasteiger partial charge in [0.1, 0.15) is 6.61 Å². The molecule has 1 amide bonds. The summed E-state index contributed by atoms with van der Waals surface area (Å²) in [4.78, 5) is 19.6. The largest absolute Gasteiger partial charge is 0.486 e. The van der Waals surface area contributed by atoms with Crippen LogP contribution in [0.3, 0.4) is 0 Å². The molecule has 0 radical (unpaired) electrons. The molecule has 0 spiro atoms. The molecule has 2 saturated heterocycles. The zero-order valence-corrected chi connectivity index (χ0v) is 18.5. The van der Waals surface area contributed by atoms with Gasteiger partial charge < -0.3 is 24.5 Å². The van der Waals surface area contributed by atoms with Gasteiger partial charge >= 0.3 is 0 Å². The van der Waals surface area contributed by atoms with E-state index in [1.54, 1.807) is 18.7 Å². The molecule has 2 aliphatic heterocycles. The second kappa shape index (κ2) is 8.73. The molecule has 0 aliphatic carbocycles. The lowest BCUT2D eigenvalue weighted by Gasteiger charge is -2.35. The summed E-state index contributed by atoms with van der Waals surface area (Å²) in [6, 6.07) is 15.7. The quantitative estimate of drug-likeness (QED) is 0.769. The van der Waals surface area contributed by atoms with Crippen molar-refractivity contribution in [3.05, 3.63) is 65.4 Å². The Morgan fingerprint density at radius 1 is 0.968 bits per heavy atom. The van der Waals surface area contributed by atoms with E-state index in [2.05, 4.69) is 22.9 Å². The molecule has 6 heteroatoms. The van der Waals surface area contributed by atoms with Crippen molar-refractivity contribution in [1.29, 1.82) is 0 Å². The third-order valence-corrected chi connectivity index (χ3v) is 5.98. The second-order valence-corrected chi connectivity index (χ2v) is 8.77. The Morgan fingerprint density at radius 2 is 1.65 bits per heavy atom. The maximum Gasteiger partial charge on any atom is 0.293 e. The van der Waals surface area contributed by atoms with Gasteiger partial charge in [-0.25, -0.2) is 0 Å². The van der Waals surface area contributed by atoms with Gasteiger partial charge in [-0.3, -0.25) is 4.79 Å². The normalized spacial score (nSPS) is 19.6. The van der Waals surface area contributed by atoms with Crippen LogP contribution in [0.5, 0.6) is 0 Å². The number of likely N-dealkylation sites (N-methyl/N-ethyl adjacent to an activating group) is 1. The van der Waals surface area contributed by atoms with Crippen LogP contribution in [0.4, 0.5) is 11.4 Å². The number of anilines is 2. The highest BCUT2D eigenvalue weighted by molar-refractivity contribution is 6.07. The smallest absolute Gasteiger partial charge is 0.293 e. The summed E-state index contributed by atoms with van der Waals surface area (Å²) < 4.78 is 5.79. The monoisotopic (exact) mass is 421 g/mol. The standard InChI is InChI=1S/C25H31N3O3/c1-25(2,30)20-8-10-21(11-9-20)28-16-17-31-23(24(28)29)18-19-6-4-5-7-22(19)27-14-12-26(3)13-15-27/h4-11,18,30H,12-17H2,1-3H3. The van der Waals surface area contributed by atoms with E-state index in [1.165, 1.54) is 0 Å². The molecule has 31 heavy (non-hydrogen) atoms. The molecule has 2 fully saturated rings. The fraction of sp³-hybridized carbons (Fsp3) is 0.400. The molecule has 6 nitrogen and oxygen atoms in total. The first-order valence-electron chi connectivity index (χ1n) is 10.8. The van der Waals surface area contributed by atoms with Gasteiger partial charge in [0.05, 0.1) is 12.1 Å². The third kappa shape index (κ3) is 4.75. The fourth-order valence-electron chi connectivity index (χ4n) is 4.03. The number of rotatable bonds is 4. The molecular weight excluding hydrogens is 390 g/mol. The van der Waals surface area contributed by atoms with Crippen LogP contribution in [0, 0.1) is 0 Å². The number of hydrogen-bond acceptors (Lipinski definition) is 5. The van der Waals surface area contributed by atoms with E-state index in [0.717, 1.165) is 48.7 Å². The second-order valence-electron chi connectivity index (χ2n) is 8.77. The van der Waals surface area contributed by atoms with E-state index in [4.69, 9.17) is 4.74 Å². The van der Waals surface area contributed by atoms with E-state index < -0.39 is 5.60 Å². The molecule has 2 aromatic rings. The minimum absolute atomic E-state index is 0.143. The Morgan fingerprint density at radius 3 is 2.32 bits per heavy atom. The lowest BCUT2D eigenvalue weighted by atomic mass is 9.98. The first-order valence-corrected chi connectivity index (χ1v) is 10.8. The van der Waals surface area contributed by atoms with Crippen molar-refractivity contribution >= 4 is 23.4 Å². The number of nitrogens with zero attached hydrogens (tertiary/aromatic N) is 3. The third-order valence-electron chi connectivity index (χ3n) is 5.98. The number of carbonyl (C=O) groups excluding carboxylic acids is 1. The number of para-hydroxylation sites is 1. The van der Waals surface area contributed by atoms with Crippen LogP contribution in [0.15, 0.2) is 54.3 Å². The fourth-order valence-corrected chi connectivity index (χ4v) is 4.03. The maximum absolute atomic E-state index is 13.2. The Labute approximate surface area is 184 Å². The highest BCUT2D eigenvalue weighted by atomic mass is 16.5. The van der Waals surface area contributed by atoms with Gasteiger partial charge in [-0.1, -0.05) is 30.3 Å². The summed E-state index contributed by atoms with van der Waals surface area (Å²) >= 11 is 0. The van der Waals surface area contributed by atoms with Crippen molar-refractivity contribution in [2.24, 2.45) is 0 Å². The molecule has 0 aromatic heterocycles. The van der Waals surface area contributed by atoms with Crippen molar-refractivity contribution < 1.29 is 14.6 Å². The van der Waals surface area contributed by atoms with Gasteiger partial charge in [0, 0.05) is 43.1 Å². The first kappa shape index (κ1) is 21.4. The molecule has 2 heterocycles. The van der Waals surface area contributed by atoms with Crippen LogP contribution in [0.2, 0.25) is 0 Å². The number of morpholine rings is 1. The van der Waals surface area contributed by atoms with Gasteiger partial charge in [0.15, 0.2) is 5.76 Å². The molecular formula is C25H31N3O3. The SMILES string of the molecule is CN1CCN(c2ccccc2C=C2OCCN(c3ccc(C(C)(C)O)cc3)C2=O)CC1. The zero-order valence-electron chi connectivity index (χ0n) is 18.5. The summed E-state index contributed by atoms with van der Waals surface area (Å²) in [5.41, 5.74) is 2.83. The van der Waals surface area contributed by atoms with Crippen molar-refractivity contribution in [1.82, 2.24) is 4.90 Å². The van der Waals surface area contributed by atoms with Gasteiger partial charge in [-0.05, 0) is 50.7 Å². The summed E-state index contributed by atoms with van der Waals surface area (Å²) in [6.07, 6.45) is 1.87. The first-order chi connectivity index (χ1) is 14.8. The summed E-state index contributed by atoms with van der Waals surface area (Å²) in [5.74, 6) is 0.217. The van der Waals surface area contributed by atoms with E-state index in [0.29, 0.717) is 18.9 Å². The molecule has 0 atom stereocenters. The van der Waals surface area contributed by atoms with Crippen LogP contribution >= 0.6 is 0 Å². The number of aliphatic hydroxyl groups is 1. The Hall–Kier alpha value is -2.83. The van der Waals surface area contributed by atoms with Gasteiger partial charge in [0.2, 0.25) is 0 Å². The number of carbonyl (C=O) groups is 1. The topological polar surface area (TPSA) is 56.3 Å². The Kier molecular flexibility index (Phi) is 6.03. The van der Waals surface area contributed by atoms with Crippen LogP contribution in [0.1, 0.15) is 25.0 Å². The van der Waals surface area contributed by atoms with Gasteiger partial charge in [-0.2, -0.15) is 0 Å². The maximum atomic E-state index is 13.2. The number of amides is 1. The molecule has 164 valence electrons. The average molecular weight is 422 g/mol. The number of piperazine rings is 1. The minimum atomic E-state index is -0.911. The molecule has 0 bridgehead atoms. The number of ether oxygens (including phenoxy) is 1. The molecule has 0 saturated carbocycles. The minimum Gasteiger partial charge on any atom is -0.486 e. The van der Waals surface area contributed by atoms with Crippen molar-refractivity contribution in [2.45, 2.75) is 19.4 Å². The Balaban J connectivity index is 1.57. The lowest BCUT2D eigenvalue weighted by molar-refractivity contribution is -0.120. The average Bonchev–Trinajstić information content (AvgIpc) is 2.76. The van der Waals surface area contributed by atoms with Crippen LogP contribution in [-0.4, -0.2) is 62.3 Å². The zero-order chi connectivity index (χ0) is 22.0. The molecule has 2 aromatic carbocycles. The van der Waals surface area contributed by atoms with Crippen LogP contribution in [-0.2, 0) is 15.1 Å². The number of benzene rings is 2. The summed E-state index contributed by atoms with van der Waals surface area (Å²) in [7, 11) is 2.14. The van der Waals surface area contributed by atoms with E-state index in [-0.39, 0.29) is 5.91 Å². The lowest BCUT2D eigenvalue weighted by Crippen LogP contribution is -2.44. The van der Waals surface area contributed by atoms with E-state index >= 15 is 0 Å². The van der Waals surface area contributed by atoms with Crippen LogP contribution < -0.4 is 9.80 Å². The van der Waals surface area contributed by atoms with Gasteiger partial charge in [-0.15, -0.1) is 0 Å². The summed E-state index contributed by atoms with van der Waals surface area (Å²) in [6.45, 7) is 8.42. The molecule has 0 unspecified atom stereocenters. The van der Waals surface area contributed by atoms with Crippen molar-refractivity contribution in [3.63, 3.8) is 0 Å². The highest BCUT2D eigenvalue weighted by Gasteiger charge is 2.27.